The molecule has 26 heavy (non-hydrogen) atoms. The predicted molar refractivity (Wildman–Crippen MR) is 103 cm³/mol. The van der Waals surface area contributed by atoms with Crippen LogP contribution in [0.1, 0.15) is 43.1 Å². The zero-order valence-electron chi connectivity index (χ0n) is 15.8. The van der Waals surface area contributed by atoms with Crippen LogP contribution in [0.25, 0.3) is 0 Å². The van der Waals surface area contributed by atoms with E-state index in [0.29, 0.717) is 12.1 Å². The predicted octanol–water partition coefficient (Wildman–Crippen LogP) is 2.87. The molecule has 1 heterocycles. The summed E-state index contributed by atoms with van der Waals surface area (Å²) in [5, 5.41) is 11.6. The van der Waals surface area contributed by atoms with Crippen molar-refractivity contribution in [3.8, 4) is 0 Å². The summed E-state index contributed by atoms with van der Waals surface area (Å²) < 4.78 is 15.0. The number of hydrogen-bond acceptors (Lipinski definition) is 2. The molecule has 1 aromatic heterocycles. The van der Waals surface area contributed by atoms with Gasteiger partial charge >= 0.3 is 0 Å². The molecule has 0 saturated carbocycles. The molecule has 5 nitrogen and oxygen atoms in total. The van der Waals surface area contributed by atoms with Gasteiger partial charge < -0.3 is 10.6 Å². The van der Waals surface area contributed by atoms with Crippen molar-refractivity contribution in [3.05, 3.63) is 53.1 Å². The lowest BCUT2D eigenvalue weighted by atomic mass is 9.94. The highest BCUT2D eigenvalue weighted by Crippen LogP contribution is 2.21. The summed E-state index contributed by atoms with van der Waals surface area (Å²) in [5.41, 5.74) is 3.68. The second kappa shape index (κ2) is 8.34. The fourth-order valence-corrected chi connectivity index (χ4v) is 3.26. The quantitative estimate of drug-likeness (QED) is 0.639. The van der Waals surface area contributed by atoms with E-state index in [1.165, 1.54) is 23.4 Å². The SMILES string of the molecule is CN=C(NCCc1ccc(F)cc1)NC1CCc2cn(C(C)C)nc2C1. The lowest BCUT2D eigenvalue weighted by molar-refractivity contribution is 0.499. The van der Waals surface area contributed by atoms with Crippen LogP contribution >= 0.6 is 0 Å². The number of nitrogens with one attached hydrogen (secondary N) is 2. The first-order valence-electron chi connectivity index (χ1n) is 9.33. The molecule has 2 N–H and O–H groups in total. The first-order valence-corrected chi connectivity index (χ1v) is 9.33. The lowest BCUT2D eigenvalue weighted by Gasteiger charge is -2.24. The zero-order chi connectivity index (χ0) is 18.5. The molecule has 0 saturated heterocycles. The van der Waals surface area contributed by atoms with Crippen molar-refractivity contribution in [3.63, 3.8) is 0 Å². The maximum absolute atomic E-state index is 13.0. The molecule has 0 radical (unpaired) electrons. The number of rotatable bonds is 5. The Labute approximate surface area is 154 Å². The number of guanidine groups is 1. The minimum Gasteiger partial charge on any atom is -0.356 e. The van der Waals surface area contributed by atoms with E-state index >= 15 is 0 Å². The number of hydrogen-bond donors (Lipinski definition) is 2. The number of aromatic nitrogens is 2. The highest BCUT2D eigenvalue weighted by molar-refractivity contribution is 5.80. The normalized spacial score (nSPS) is 17.3. The van der Waals surface area contributed by atoms with Crippen LogP contribution in [0.4, 0.5) is 4.39 Å². The van der Waals surface area contributed by atoms with Crippen LogP contribution in [-0.2, 0) is 19.3 Å². The van der Waals surface area contributed by atoms with Crippen molar-refractivity contribution in [1.29, 1.82) is 0 Å². The van der Waals surface area contributed by atoms with Gasteiger partial charge in [-0.1, -0.05) is 12.1 Å². The third-order valence-electron chi connectivity index (χ3n) is 4.81. The van der Waals surface area contributed by atoms with Gasteiger partial charge in [0.05, 0.1) is 5.69 Å². The van der Waals surface area contributed by atoms with E-state index in [1.54, 1.807) is 7.05 Å². The Morgan fingerprint density at radius 3 is 2.81 bits per heavy atom. The van der Waals surface area contributed by atoms with Crippen molar-refractivity contribution in [2.24, 2.45) is 4.99 Å². The summed E-state index contributed by atoms with van der Waals surface area (Å²) >= 11 is 0. The average Bonchev–Trinajstić information content (AvgIpc) is 3.06. The van der Waals surface area contributed by atoms with Crippen LogP contribution in [0.2, 0.25) is 0 Å². The second-order valence-corrected chi connectivity index (χ2v) is 7.13. The van der Waals surface area contributed by atoms with E-state index in [0.717, 1.165) is 43.8 Å². The summed E-state index contributed by atoms with van der Waals surface area (Å²) in [6.45, 7) is 5.06. The van der Waals surface area contributed by atoms with Crippen LogP contribution in [0.15, 0.2) is 35.5 Å². The fraction of sp³-hybridized carbons (Fsp3) is 0.500. The van der Waals surface area contributed by atoms with Crippen LogP contribution in [0, 0.1) is 5.82 Å². The first-order chi connectivity index (χ1) is 12.5. The minimum atomic E-state index is -0.198. The molecule has 1 atom stereocenters. The Morgan fingerprint density at radius 1 is 1.35 bits per heavy atom. The van der Waals surface area contributed by atoms with Gasteiger partial charge in [0, 0.05) is 38.3 Å². The van der Waals surface area contributed by atoms with Gasteiger partial charge in [-0.3, -0.25) is 9.67 Å². The third-order valence-corrected chi connectivity index (χ3v) is 4.81. The van der Waals surface area contributed by atoms with Crippen molar-refractivity contribution in [2.75, 3.05) is 13.6 Å². The zero-order valence-corrected chi connectivity index (χ0v) is 15.8. The summed E-state index contributed by atoms with van der Waals surface area (Å²) in [7, 11) is 1.79. The highest BCUT2D eigenvalue weighted by Gasteiger charge is 2.22. The van der Waals surface area contributed by atoms with Gasteiger partial charge in [-0.2, -0.15) is 5.10 Å². The standard InChI is InChI=1S/C20H28FN5/c1-14(2)26-13-16-6-9-18(12-19(16)25-26)24-20(22-3)23-11-10-15-4-7-17(21)8-5-15/h4-5,7-8,13-14,18H,6,9-12H2,1-3H3,(H2,22,23,24). The largest absolute Gasteiger partial charge is 0.356 e. The number of halogens is 1. The molecule has 1 aliphatic carbocycles. The van der Waals surface area contributed by atoms with Crippen LogP contribution < -0.4 is 10.6 Å². The molecular formula is C20H28FN5. The molecule has 2 aromatic rings. The van der Waals surface area contributed by atoms with E-state index in [2.05, 4.69) is 40.4 Å². The van der Waals surface area contributed by atoms with Gasteiger partial charge in [-0.05, 0) is 56.4 Å². The van der Waals surface area contributed by atoms with E-state index in [1.807, 2.05) is 12.1 Å². The lowest BCUT2D eigenvalue weighted by Crippen LogP contribution is -2.46. The van der Waals surface area contributed by atoms with Gasteiger partial charge in [0.2, 0.25) is 0 Å². The van der Waals surface area contributed by atoms with Crippen molar-refractivity contribution < 1.29 is 4.39 Å². The van der Waals surface area contributed by atoms with E-state index in [9.17, 15) is 4.39 Å². The van der Waals surface area contributed by atoms with Gasteiger partial charge in [-0.25, -0.2) is 4.39 Å². The van der Waals surface area contributed by atoms with Gasteiger partial charge in [-0.15, -0.1) is 0 Å². The average molecular weight is 357 g/mol. The number of nitrogens with zero attached hydrogens (tertiary/aromatic N) is 3. The summed E-state index contributed by atoms with van der Waals surface area (Å²) in [5.74, 6) is 0.611. The van der Waals surface area contributed by atoms with Crippen LogP contribution in [0.5, 0.6) is 0 Å². The maximum Gasteiger partial charge on any atom is 0.191 e. The Bertz CT molecular complexity index is 748. The summed E-state index contributed by atoms with van der Waals surface area (Å²) in [4.78, 5) is 4.33. The molecule has 140 valence electrons. The molecule has 1 aromatic carbocycles. The molecule has 1 aliphatic rings. The summed E-state index contributed by atoms with van der Waals surface area (Å²) in [6, 6.07) is 7.38. The molecule has 6 heteroatoms. The van der Waals surface area contributed by atoms with Crippen LogP contribution in [-0.4, -0.2) is 35.4 Å². The monoisotopic (exact) mass is 357 g/mol. The van der Waals surface area contributed by atoms with Gasteiger partial charge in [0.15, 0.2) is 5.96 Å². The Hall–Kier alpha value is -2.37. The fourth-order valence-electron chi connectivity index (χ4n) is 3.26. The molecule has 0 amide bonds. The van der Waals surface area contributed by atoms with E-state index in [-0.39, 0.29) is 5.82 Å². The molecule has 0 bridgehead atoms. The van der Waals surface area contributed by atoms with E-state index in [4.69, 9.17) is 5.10 Å². The van der Waals surface area contributed by atoms with Crippen LogP contribution in [0.3, 0.4) is 0 Å². The topological polar surface area (TPSA) is 54.2 Å². The Morgan fingerprint density at radius 2 is 2.12 bits per heavy atom. The molecule has 3 rings (SSSR count). The molecule has 0 fully saturated rings. The third kappa shape index (κ3) is 4.62. The van der Waals surface area contributed by atoms with Crippen molar-refractivity contribution in [2.45, 2.75) is 51.6 Å². The van der Waals surface area contributed by atoms with Crippen molar-refractivity contribution >= 4 is 5.96 Å². The summed E-state index contributed by atoms with van der Waals surface area (Å²) in [6.07, 6.45) is 6.07. The smallest absolute Gasteiger partial charge is 0.191 e. The number of aryl methyl sites for hydroxylation is 1. The van der Waals surface area contributed by atoms with Gasteiger partial charge in [0.25, 0.3) is 0 Å². The minimum absolute atomic E-state index is 0.198. The van der Waals surface area contributed by atoms with Crippen molar-refractivity contribution in [1.82, 2.24) is 20.4 Å². The van der Waals surface area contributed by atoms with Gasteiger partial charge in [0.1, 0.15) is 5.82 Å². The number of fused-ring (bicyclic) bond motifs is 1. The maximum atomic E-state index is 13.0. The molecular weight excluding hydrogens is 329 g/mol. The Kier molecular flexibility index (Phi) is 5.91. The molecule has 1 unspecified atom stereocenters. The second-order valence-electron chi connectivity index (χ2n) is 7.13. The molecule has 0 spiro atoms. The highest BCUT2D eigenvalue weighted by atomic mass is 19.1. The van der Waals surface area contributed by atoms with E-state index < -0.39 is 0 Å². The number of benzene rings is 1. The first kappa shape index (κ1) is 18.4. The Balaban J connectivity index is 1.49. The number of aliphatic imine (C=N–C) groups is 1. The molecule has 0 aliphatic heterocycles.